The molecular formula is C11H16BrN5O3S. The molecule has 0 aromatic carbocycles. The van der Waals surface area contributed by atoms with Gasteiger partial charge in [0.05, 0.1) is 13.1 Å². The molecule has 0 aliphatic carbocycles. The van der Waals surface area contributed by atoms with Crippen LogP contribution in [0, 0.1) is 0 Å². The molecule has 0 bridgehead atoms. The summed E-state index contributed by atoms with van der Waals surface area (Å²) in [4.78, 5) is 0.0672. The van der Waals surface area contributed by atoms with Crippen LogP contribution in [-0.2, 0) is 30.2 Å². The molecule has 0 saturated carbocycles. The number of hydrogen-bond acceptors (Lipinski definition) is 6. The third kappa shape index (κ3) is 3.90. The van der Waals surface area contributed by atoms with Crippen molar-refractivity contribution in [3.8, 4) is 0 Å². The minimum atomic E-state index is -3.69. The number of hydrogen-bond donors (Lipinski definition) is 2. The van der Waals surface area contributed by atoms with Crippen LogP contribution >= 0.6 is 15.9 Å². The first-order valence-corrected chi connectivity index (χ1v) is 8.53. The Balaban J connectivity index is 2.12. The van der Waals surface area contributed by atoms with E-state index in [-0.39, 0.29) is 16.1 Å². The Morgan fingerprint density at radius 2 is 2.19 bits per heavy atom. The maximum atomic E-state index is 12.3. The number of nitrogens with zero attached hydrogens (tertiary/aromatic N) is 3. The van der Waals surface area contributed by atoms with Gasteiger partial charge in [-0.1, -0.05) is 6.92 Å². The number of halogens is 1. The van der Waals surface area contributed by atoms with Gasteiger partial charge < -0.3 is 14.3 Å². The van der Waals surface area contributed by atoms with Crippen molar-refractivity contribution < 1.29 is 12.8 Å². The van der Waals surface area contributed by atoms with Crippen LogP contribution in [0.15, 0.2) is 26.4 Å². The molecular weight excluding hydrogens is 362 g/mol. The number of rotatable bonds is 7. The molecule has 2 aromatic rings. The highest BCUT2D eigenvalue weighted by Crippen LogP contribution is 2.26. The van der Waals surface area contributed by atoms with E-state index in [1.165, 1.54) is 12.4 Å². The number of furan rings is 1. The summed E-state index contributed by atoms with van der Waals surface area (Å²) in [6, 6.07) is 1.49. The minimum Gasteiger partial charge on any atom is -0.452 e. The molecule has 2 rings (SSSR count). The van der Waals surface area contributed by atoms with Crippen molar-refractivity contribution in [1.82, 2.24) is 24.8 Å². The van der Waals surface area contributed by atoms with Crippen molar-refractivity contribution in [3.63, 3.8) is 0 Å². The summed E-state index contributed by atoms with van der Waals surface area (Å²) in [7, 11) is -1.95. The van der Waals surface area contributed by atoms with E-state index in [0.29, 0.717) is 18.1 Å². The van der Waals surface area contributed by atoms with Gasteiger partial charge in [-0.25, -0.2) is 13.1 Å². The summed E-state index contributed by atoms with van der Waals surface area (Å²) in [6.07, 6.45) is 1.51. The lowest BCUT2D eigenvalue weighted by Gasteiger charge is -2.04. The highest BCUT2D eigenvalue weighted by atomic mass is 79.9. The number of aryl methyl sites for hydroxylation is 1. The fourth-order valence-corrected chi connectivity index (χ4v) is 3.60. The van der Waals surface area contributed by atoms with Crippen LogP contribution in [0.25, 0.3) is 0 Å². The van der Waals surface area contributed by atoms with Crippen molar-refractivity contribution in [2.75, 3.05) is 6.54 Å². The van der Waals surface area contributed by atoms with Gasteiger partial charge in [0.25, 0.3) is 0 Å². The average Bonchev–Trinajstić information content (AvgIpc) is 3.00. The Bertz CT molecular complexity index is 709. The Hall–Kier alpha value is -1.23. The van der Waals surface area contributed by atoms with E-state index in [1.54, 1.807) is 11.6 Å². The van der Waals surface area contributed by atoms with Crippen LogP contribution in [0.2, 0.25) is 0 Å². The van der Waals surface area contributed by atoms with Crippen molar-refractivity contribution in [1.29, 1.82) is 0 Å². The summed E-state index contributed by atoms with van der Waals surface area (Å²) < 4.78 is 34.2. The molecule has 2 heterocycles. The second kappa shape index (κ2) is 6.69. The van der Waals surface area contributed by atoms with Gasteiger partial charge in [-0.2, -0.15) is 0 Å². The molecule has 0 amide bonds. The first-order chi connectivity index (χ1) is 9.94. The number of aromatic nitrogens is 3. The summed E-state index contributed by atoms with van der Waals surface area (Å²) in [5.41, 5.74) is 0. The number of nitrogens with one attached hydrogen (secondary N) is 2. The summed E-state index contributed by atoms with van der Waals surface area (Å²) in [5.74, 6) is 1.06. The van der Waals surface area contributed by atoms with Gasteiger partial charge in [0.2, 0.25) is 10.0 Å². The van der Waals surface area contributed by atoms with Crippen LogP contribution in [0.5, 0.6) is 0 Å². The largest absolute Gasteiger partial charge is 0.452 e. The van der Waals surface area contributed by atoms with Crippen molar-refractivity contribution in [3.05, 3.63) is 28.6 Å². The Morgan fingerprint density at radius 3 is 2.81 bits per heavy atom. The van der Waals surface area contributed by atoms with Gasteiger partial charge in [-0.05, 0) is 22.5 Å². The van der Waals surface area contributed by atoms with Crippen molar-refractivity contribution in [2.45, 2.75) is 24.9 Å². The standard InChI is InChI=1S/C11H16BrN5O3S/c1-3-13-5-8-4-9(11(12)20-8)21(18,19)15-6-10-16-14-7-17(10)2/h4,7,13,15H,3,5-6H2,1-2H3. The van der Waals surface area contributed by atoms with E-state index in [2.05, 4.69) is 36.2 Å². The molecule has 10 heteroatoms. The maximum absolute atomic E-state index is 12.3. The molecule has 0 fully saturated rings. The van der Waals surface area contributed by atoms with Crippen LogP contribution in [0.4, 0.5) is 0 Å². The quantitative estimate of drug-likeness (QED) is 0.738. The van der Waals surface area contributed by atoms with Crippen LogP contribution in [0.1, 0.15) is 18.5 Å². The van der Waals surface area contributed by atoms with Gasteiger partial charge in [0.15, 0.2) is 4.67 Å². The molecule has 8 nitrogen and oxygen atoms in total. The van der Waals surface area contributed by atoms with Gasteiger partial charge in [-0.3, -0.25) is 0 Å². The molecule has 0 radical (unpaired) electrons. The summed E-state index contributed by atoms with van der Waals surface area (Å²) >= 11 is 3.13. The van der Waals surface area contributed by atoms with E-state index < -0.39 is 10.0 Å². The molecule has 0 aliphatic heterocycles. The molecule has 0 unspecified atom stereocenters. The van der Waals surface area contributed by atoms with E-state index in [0.717, 1.165) is 6.54 Å². The van der Waals surface area contributed by atoms with Gasteiger partial charge in [0.1, 0.15) is 22.8 Å². The van der Waals surface area contributed by atoms with Gasteiger partial charge in [-0.15, -0.1) is 10.2 Å². The predicted molar refractivity (Wildman–Crippen MR) is 78.8 cm³/mol. The first-order valence-electron chi connectivity index (χ1n) is 6.25. The molecule has 0 aliphatic rings. The lowest BCUT2D eigenvalue weighted by Crippen LogP contribution is -2.24. The topological polar surface area (TPSA) is 102 Å². The van der Waals surface area contributed by atoms with Crippen LogP contribution in [-0.4, -0.2) is 29.7 Å². The highest BCUT2D eigenvalue weighted by Gasteiger charge is 2.22. The SMILES string of the molecule is CCNCc1cc(S(=O)(=O)NCc2nncn2C)c(Br)o1. The van der Waals surface area contributed by atoms with E-state index in [9.17, 15) is 8.42 Å². The van der Waals surface area contributed by atoms with Crippen LogP contribution < -0.4 is 10.0 Å². The zero-order valence-corrected chi connectivity index (χ0v) is 14.0. The monoisotopic (exact) mass is 377 g/mol. The zero-order chi connectivity index (χ0) is 15.5. The normalized spacial score (nSPS) is 12.0. The fraction of sp³-hybridized carbons (Fsp3) is 0.455. The van der Waals surface area contributed by atoms with Gasteiger partial charge >= 0.3 is 0 Å². The maximum Gasteiger partial charge on any atom is 0.245 e. The average molecular weight is 378 g/mol. The lowest BCUT2D eigenvalue weighted by atomic mass is 10.4. The minimum absolute atomic E-state index is 0.0546. The molecule has 2 aromatic heterocycles. The molecule has 0 atom stereocenters. The van der Waals surface area contributed by atoms with Crippen LogP contribution in [0.3, 0.4) is 0 Å². The molecule has 0 saturated heterocycles. The first kappa shape index (κ1) is 16.1. The Labute approximate surface area is 131 Å². The molecule has 21 heavy (non-hydrogen) atoms. The second-order valence-corrected chi connectivity index (χ2v) is 6.77. The van der Waals surface area contributed by atoms with E-state index in [4.69, 9.17) is 4.42 Å². The third-order valence-corrected chi connectivity index (χ3v) is 5.03. The van der Waals surface area contributed by atoms with Crippen molar-refractivity contribution >= 4 is 26.0 Å². The fourth-order valence-electron chi connectivity index (χ4n) is 1.62. The summed E-state index contributed by atoms with van der Waals surface area (Å²) in [5, 5.41) is 10.6. The predicted octanol–water partition coefficient (Wildman–Crippen LogP) is 0.759. The third-order valence-electron chi connectivity index (χ3n) is 2.77. The van der Waals surface area contributed by atoms with Crippen molar-refractivity contribution in [2.24, 2.45) is 7.05 Å². The highest BCUT2D eigenvalue weighted by molar-refractivity contribution is 9.10. The van der Waals surface area contributed by atoms with Gasteiger partial charge in [0, 0.05) is 13.1 Å². The smallest absolute Gasteiger partial charge is 0.245 e. The zero-order valence-electron chi connectivity index (χ0n) is 11.6. The Kier molecular flexibility index (Phi) is 5.14. The molecule has 116 valence electrons. The molecule has 0 spiro atoms. The number of sulfonamides is 1. The Morgan fingerprint density at radius 1 is 1.43 bits per heavy atom. The second-order valence-electron chi connectivity index (χ2n) is 4.31. The van der Waals surface area contributed by atoms with E-state index >= 15 is 0 Å². The van der Waals surface area contributed by atoms with E-state index in [1.807, 2.05) is 6.92 Å². The lowest BCUT2D eigenvalue weighted by molar-refractivity contribution is 0.464. The molecule has 2 N–H and O–H groups in total. The summed E-state index contributed by atoms with van der Waals surface area (Å²) in [6.45, 7) is 3.25.